The zero-order valence-electron chi connectivity index (χ0n) is 20.8. The third-order valence-electron chi connectivity index (χ3n) is 7.10. The minimum atomic E-state index is -0.221. The summed E-state index contributed by atoms with van der Waals surface area (Å²) in [5, 5.41) is 3.28. The number of carbonyl (C=O) groups excluding carboxylic acids is 1. The van der Waals surface area contributed by atoms with E-state index in [4.69, 9.17) is 0 Å². The molecule has 2 heterocycles. The van der Waals surface area contributed by atoms with E-state index in [0.717, 1.165) is 51.9 Å². The van der Waals surface area contributed by atoms with Gasteiger partial charge in [-0.1, -0.05) is 40.7 Å². The van der Waals surface area contributed by atoms with Crippen molar-refractivity contribution in [3.8, 4) is 0 Å². The number of likely N-dealkylation sites (tertiary alicyclic amines) is 2. The average molecular weight is 434 g/mol. The van der Waals surface area contributed by atoms with Crippen LogP contribution >= 0.6 is 0 Å². The van der Waals surface area contributed by atoms with Crippen molar-refractivity contribution in [2.75, 3.05) is 26.2 Å². The Hall–Kier alpha value is -1.36. The number of carbonyl (C=O) groups is 1. The quantitative estimate of drug-likeness (QED) is 0.598. The molecule has 4 nitrogen and oxygen atoms in total. The molecule has 0 bridgehead atoms. The summed E-state index contributed by atoms with van der Waals surface area (Å²) in [5.74, 6) is 0.887. The van der Waals surface area contributed by atoms with Crippen molar-refractivity contribution in [3.63, 3.8) is 0 Å². The lowest BCUT2D eigenvalue weighted by atomic mass is 9.60. The summed E-state index contributed by atoms with van der Waals surface area (Å²) in [4.78, 5) is 17.6. The first-order valence-corrected chi connectivity index (χ1v) is 12.2. The van der Waals surface area contributed by atoms with E-state index >= 15 is 0 Å². The summed E-state index contributed by atoms with van der Waals surface area (Å²) in [5.41, 5.74) is 0.202. The standard InChI is InChI=1S/C26H44FN3O/c1-19(2)16-30-18-26(22(30)20-8-10-21(27)11-9-20)12-14-29(15-13-26)23(31)28-25(6,7)17-24(3,4)5/h8,10-11,19-20,22H,9,12-18H2,1-7H3,(H,28,31). The predicted octanol–water partition coefficient (Wildman–Crippen LogP) is 5.76. The molecule has 2 saturated heterocycles. The molecule has 2 atom stereocenters. The van der Waals surface area contributed by atoms with Gasteiger partial charge in [0.05, 0.1) is 0 Å². The second-order valence-electron chi connectivity index (χ2n) is 12.5. The van der Waals surface area contributed by atoms with Crippen LogP contribution < -0.4 is 5.32 Å². The normalized spacial score (nSPS) is 26.7. The summed E-state index contributed by atoms with van der Waals surface area (Å²) < 4.78 is 13.6. The van der Waals surface area contributed by atoms with Gasteiger partial charge in [-0.25, -0.2) is 9.18 Å². The van der Waals surface area contributed by atoms with Gasteiger partial charge in [0, 0.05) is 43.2 Å². The van der Waals surface area contributed by atoms with Crippen LogP contribution in [0.3, 0.4) is 0 Å². The highest BCUT2D eigenvalue weighted by Crippen LogP contribution is 2.51. The van der Waals surface area contributed by atoms with Crippen molar-refractivity contribution in [2.24, 2.45) is 22.7 Å². The van der Waals surface area contributed by atoms with Crippen molar-refractivity contribution in [3.05, 3.63) is 24.1 Å². The van der Waals surface area contributed by atoms with Crippen LogP contribution in [-0.4, -0.2) is 53.6 Å². The van der Waals surface area contributed by atoms with Crippen molar-refractivity contribution >= 4 is 6.03 Å². The molecule has 3 aliphatic rings. The molecular weight excluding hydrogens is 389 g/mol. The van der Waals surface area contributed by atoms with E-state index in [2.05, 4.69) is 64.8 Å². The number of piperidine rings is 1. The Morgan fingerprint density at radius 2 is 1.87 bits per heavy atom. The van der Waals surface area contributed by atoms with Gasteiger partial charge in [-0.15, -0.1) is 0 Å². The largest absolute Gasteiger partial charge is 0.333 e. The number of amides is 2. The monoisotopic (exact) mass is 433 g/mol. The summed E-state index contributed by atoms with van der Waals surface area (Å²) in [6, 6.07) is 0.527. The number of nitrogens with one attached hydrogen (secondary N) is 1. The number of urea groups is 1. The lowest BCUT2D eigenvalue weighted by Gasteiger charge is -2.63. The number of hydrogen-bond donors (Lipinski definition) is 1. The highest BCUT2D eigenvalue weighted by Gasteiger charge is 2.55. The van der Waals surface area contributed by atoms with E-state index in [1.807, 2.05) is 4.90 Å². The molecule has 176 valence electrons. The first-order chi connectivity index (χ1) is 14.3. The molecule has 0 radical (unpaired) electrons. The molecule has 0 saturated carbocycles. The second-order valence-corrected chi connectivity index (χ2v) is 12.5. The summed E-state index contributed by atoms with van der Waals surface area (Å²) in [6.45, 7) is 19.2. The minimum absolute atomic E-state index is 0.0709. The molecule has 5 heteroatoms. The molecule has 2 fully saturated rings. The van der Waals surface area contributed by atoms with E-state index in [1.165, 1.54) is 0 Å². The molecule has 3 rings (SSSR count). The topological polar surface area (TPSA) is 35.6 Å². The van der Waals surface area contributed by atoms with Gasteiger partial charge < -0.3 is 10.2 Å². The lowest BCUT2D eigenvalue weighted by molar-refractivity contribution is -0.126. The Morgan fingerprint density at radius 3 is 2.39 bits per heavy atom. The molecule has 1 spiro atoms. The highest BCUT2D eigenvalue weighted by atomic mass is 19.1. The second kappa shape index (κ2) is 8.88. The number of hydrogen-bond acceptors (Lipinski definition) is 2. The summed E-state index contributed by atoms with van der Waals surface area (Å²) in [7, 11) is 0. The SMILES string of the molecule is CC(C)CN1CC2(CCN(C(=O)NC(C)(C)CC(C)(C)C)CC2)C1C1C=CC(F)=CC1. The number of rotatable bonds is 5. The Labute approximate surface area is 189 Å². The third-order valence-corrected chi connectivity index (χ3v) is 7.10. The Kier molecular flexibility index (Phi) is 6.96. The first kappa shape index (κ1) is 24.3. The van der Waals surface area contributed by atoms with Crippen LogP contribution in [0.5, 0.6) is 0 Å². The zero-order valence-corrected chi connectivity index (χ0v) is 20.8. The molecule has 1 aliphatic carbocycles. The van der Waals surface area contributed by atoms with Gasteiger partial charge in [0.1, 0.15) is 5.83 Å². The van der Waals surface area contributed by atoms with Crippen molar-refractivity contribution in [2.45, 2.75) is 85.7 Å². The Bertz CT molecular complexity index is 711. The van der Waals surface area contributed by atoms with Gasteiger partial charge in [-0.05, 0) is 68.9 Å². The zero-order chi connectivity index (χ0) is 23.0. The van der Waals surface area contributed by atoms with Crippen LogP contribution in [0, 0.1) is 22.7 Å². The van der Waals surface area contributed by atoms with Crippen LogP contribution in [0.15, 0.2) is 24.1 Å². The van der Waals surface area contributed by atoms with Gasteiger partial charge in [0.2, 0.25) is 0 Å². The number of halogens is 1. The van der Waals surface area contributed by atoms with Gasteiger partial charge in [-0.3, -0.25) is 4.90 Å². The third kappa shape index (κ3) is 5.91. The fourth-order valence-corrected chi connectivity index (χ4v) is 6.44. The van der Waals surface area contributed by atoms with Gasteiger partial charge in [0.15, 0.2) is 0 Å². The molecule has 2 aliphatic heterocycles. The fourth-order valence-electron chi connectivity index (χ4n) is 6.44. The van der Waals surface area contributed by atoms with E-state index in [1.54, 1.807) is 12.2 Å². The molecule has 0 aromatic rings. The van der Waals surface area contributed by atoms with Crippen molar-refractivity contribution in [1.82, 2.24) is 15.1 Å². The van der Waals surface area contributed by atoms with Crippen LogP contribution in [0.2, 0.25) is 0 Å². The van der Waals surface area contributed by atoms with E-state index < -0.39 is 0 Å². The maximum Gasteiger partial charge on any atom is 0.317 e. The molecule has 2 unspecified atom stereocenters. The Balaban J connectivity index is 1.62. The van der Waals surface area contributed by atoms with E-state index in [0.29, 0.717) is 17.9 Å². The van der Waals surface area contributed by atoms with E-state index in [9.17, 15) is 9.18 Å². The highest BCUT2D eigenvalue weighted by molar-refractivity contribution is 5.75. The Morgan fingerprint density at radius 1 is 1.23 bits per heavy atom. The molecule has 2 amide bonds. The number of nitrogens with zero attached hydrogens (tertiary/aromatic N) is 2. The molecular formula is C26H44FN3O. The van der Waals surface area contributed by atoms with Gasteiger partial charge in [-0.2, -0.15) is 0 Å². The van der Waals surface area contributed by atoms with Gasteiger partial charge in [0.25, 0.3) is 0 Å². The van der Waals surface area contributed by atoms with E-state index in [-0.39, 0.29) is 28.2 Å². The van der Waals surface area contributed by atoms with Crippen molar-refractivity contribution in [1.29, 1.82) is 0 Å². The van der Waals surface area contributed by atoms with Crippen LogP contribution in [0.25, 0.3) is 0 Å². The van der Waals surface area contributed by atoms with Crippen molar-refractivity contribution < 1.29 is 9.18 Å². The lowest BCUT2D eigenvalue weighted by Crippen LogP contribution is -2.70. The van der Waals surface area contributed by atoms with Crippen LogP contribution in [0.4, 0.5) is 9.18 Å². The fraction of sp³-hybridized carbons (Fsp3) is 0.808. The number of allylic oxidation sites excluding steroid dienone is 3. The summed E-state index contributed by atoms with van der Waals surface area (Å²) >= 11 is 0. The molecule has 31 heavy (non-hydrogen) atoms. The van der Waals surface area contributed by atoms with Crippen LogP contribution in [-0.2, 0) is 0 Å². The maximum atomic E-state index is 13.6. The predicted molar refractivity (Wildman–Crippen MR) is 127 cm³/mol. The maximum absolute atomic E-state index is 13.6. The molecule has 0 aromatic heterocycles. The first-order valence-electron chi connectivity index (χ1n) is 12.2. The molecule has 0 aromatic carbocycles. The summed E-state index contributed by atoms with van der Waals surface area (Å²) in [6.07, 6.45) is 9.27. The molecule has 1 N–H and O–H groups in total. The van der Waals surface area contributed by atoms with Gasteiger partial charge >= 0.3 is 6.03 Å². The van der Waals surface area contributed by atoms with Crippen LogP contribution in [0.1, 0.15) is 74.1 Å². The minimum Gasteiger partial charge on any atom is -0.333 e. The smallest absolute Gasteiger partial charge is 0.317 e. The average Bonchev–Trinajstić information content (AvgIpc) is 2.60.